The zero-order chi connectivity index (χ0) is 18.4. The molecule has 1 aromatic carbocycles. The monoisotopic (exact) mass is 352 g/mol. The van der Waals surface area contributed by atoms with Crippen LogP contribution in [0.1, 0.15) is 30.4 Å². The van der Waals surface area contributed by atoms with Crippen molar-refractivity contribution in [2.24, 2.45) is 0 Å². The highest BCUT2D eigenvalue weighted by Gasteiger charge is 2.31. The summed E-state index contributed by atoms with van der Waals surface area (Å²) in [6, 6.07) is 11.1. The van der Waals surface area contributed by atoms with E-state index in [1.165, 1.54) is 0 Å². The lowest BCUT2D eigenvalue weighted by atomic mass is 9.96. The number of halogens is 3. The van der Waals surface area contributed by atoms with Crippen LogP contribution >= 0.6 is 0 Å². The fraction of sp³-hybridized carbons (Fsp3) is 0.333. The number of rotatable bonds is 6. The highest BCUT2D eigenvalue weighted by Crippen LogP contribution is 2.28. The zero-order valence-corrected chi connectivity index (χ0v) is 13.7. The summed E-state index contributed by atoms with van der Waals surface area (Å²) >= 11 is 0. The minimum absolute atomic E-state index is 0.100. The number of nitrogens with one attached hydrogen (secondary N) is 1. The van der Waals surface area contributed by atoms with Crippen LogP contribution in [0.5, 0.6) is 0 Å². The molecule has 0 saturated carbocycles. The van der Waals surface area contributed by atoms with Gasteiger partial charge in [-0.15, -0.1) is 0 Å². The molecule has 1 heterocycles. The van der Waals surface area contributed by atoms with Gasteiger partial charge in [0, 0.05) is 24.7 Å². The highest BCUT2D eigenvalue weighted by atomic mass is 19.4. The first kappa shape index (κ1) is 18.8. The third kappa shape index (κ3) is 5.20. The fourth-order valence-electron chi connectivity index (χ4n) is 2.49. The number of carbonyl (C=O) groups is 1. The van der Waals surface area contributed by atoms with Crippen LogP contribution in [-0.4, -0.2) is 17.0 Å². The predicted octanol–water partition coefficient (Wildman–Crippen LogP) is 3.18. The molecule has 0 aliphatic heterocycles. The summed E-state index contributed by atoms with van der Waals surface area (Å²) in [6.07, 6.45) is -3.10. The van der Waals surface area contributed by atoms with Crippen LogP contribution < -0.4 is 10.9 Å². The molecule has 0 spiro atoms. The SMILES string of the molecule is CC[C@H](CNC(=O)Cn1cc(C(F)(F)F)ccc1=O)c1ccccc1. The Kier molecular flexibility index (Phi) is 6.01. The largest absolute Gasteiger partial charge is 0.417 e. The van der Waals surface area contributed by atoms with Crippen molar-refractivity contribution in [1.29, 1.82) is 0 Å². The maximum absolute atomic E-state index is 12.7. The van der Waals surface area contributed by atoms with Gasteiger partial charge in [0.05, 0.1) is 5.56 Å². The number of pyridine rings is 1. The summed E-state index contributed by atoms with van der Waals surface area (Å²) in [6.45, 7) is 1.89. The Labute approximate surface area is 143 Å². The molecular weight excluding hydrogens is 333 g/mol. The van der Waals surface area contributed by atoms with Gasteiger partial charge in [-0.2, -0.15) is 13.2 Å². The van der Waals surface area contributed by atoms with Gasteiger partial charge in [-0.3, -0.25) is 9.59 Å². The van der Waals surface area contributed by atoms with E-state index in [0.717, 1.165) is 22.6 Å². The highest BCUT2D eigenvalue weighted by molar-refractivity contribution is 5.75. The summed E-state index contributed by atoms with van der Waals surface area (Å²) in [5.74, 6) is -0.404. The Morgan fingerprint density at radius 1 is 1.16 bits per heavy atom. The Bertz CT molecular complexity index is 770. The maximum Gasteiger partial charge on any atom is 0.417 e. The van der Waals surface area contributed by atoms with Crippen LogP contribution in [0.2, 0.25) is 0 Å². The van der Waals surface area contributed by atoms with Gasteiger partial charge in [-0.25, -0.2) is 0 Å². The molecule has 4 nitrogen and oxygen atoms in total. The van der Waals surface area contributed by atoms with Gasteiger partial charge in [0.1, 0.15) is 6.54 Å². The summed E-state index contributed by atoms with van der Waals surface area (Å²) in [4.78, 5) is 23.7. The standard InChI is InChI=1S/C18H19F3N2O2/c1-2-13(14-6-4-3-5-7-14)10-22-16(24)12-23-11-15(18(19,20)21)8-9-17(23)25/h3-9,11,13H,2,10,12H2,1H3,(H,22,24)/t13-/m1/s1. The lowest BCUT2D eigenvalue weighted by Crippen LogP contribution is -2.34. The molecule has 0 bridgehead atoms. The predicted molar refractivity (Wildman–Crippen MR) is 88.2 cm³/mol. The number of aromatic nitrogens is 1. The third-order valence-electron chi connectivity index (χ3n) is 3.93. The van der Waals surface area contributed by atoms with Gasteiger partial charge >= 0.3 is 6.18 Å². The number of nitrogens with zero attached hydrogens (tertiary/aromatic N) is 1. The van der Waals surface area contributed by atoms with Gasteiger partial charge < -0.3 is 9.88 Å². The molecule has 1 atom stereocenters. The van der Waals surface area contributed by atoms with E-state index in [2.05, 4.69) is 5.32 Å². The Balaban J connectivity index is 2.02. The molecule has 2 aromatic rings. The molecule has 0 aliphatic carbocycles. The molecule has 1 amide bonds. The van der Waals surface area contributed by atoms with E-state index in [1.54, 1.807) is 0 Å². The molecule has 0 unspecified atom stereocenters. The molecule has 0 radical (unpaired) electrons. The molecule has 7 heteroatoms. The minimum Gasteiger partial charge on any atom is -0.354 e. The summed E-state index contributed by atoms with van der Waals surface area (Å²) in [5.41, 5.74) is -0.546. The van der Waals surface area contributed by atoms with Crippen molar-refractivity contribution in [2.75, 3.05) is 6.54 Å². The lowest BCUT2D eigenvalue weighted by molar-refractivity contribution is -0.138. The smallest absolute Gasteiger partial charge is 0.354 e. The van der Waals surface area contributed by atoms with Gasteiger partial charge in [-0.1, -0.05) is 37.3 Å². The van der Waals surface area contributed by atoms with E-state index < -0.39 is 29.8 Å². The average molecular weight is 352 g/mol. The van der Waals surface area contributed by atoms with E-state index in [9.17, 15) is 22.8 Å². The average Bonchev–Trinajstić information content (AvgIpc) is 2.57. The first-order chi connectivity index (χ1) is 11.8. The zero-order valence-electron chi connectivity index (χ0n) is 13.7. The van der Waals surface area contributed by atoms with Gasteiger partial charge in [-0.05, 0) is 18.1 Å². The lowest BCUT2D eigenvalue weighted by Gasteiger charge is -2.17. The number of amides is 1. The Morgan fingerprint density at radius 2 is 1.84 bits per heavy atom. The van der Waals surface area contributed by atoms with Gasteiger partial charge in [0.2, 0.25) is 5.91 Å². The van der Waals surface area contributed by atoms with Crippen molar-refractivity contribution in [3.05, 3.63) is 70.1 Å². The van der Waals surface area contributed by atoms with E-state index >= 15 is 0 Å². The Morgan fingerprint density at radius 3 is 2.44 bits per heavy atom. The van der Waals surface area contributed by atoms with Crippen molar-refractivity contribution in [2.45, 2.75) is 32.0 Å². The van der Waals surface area contributed by atoms with Crippen molar-refractivity contribution in [1.82, 2.24) is 9.88 Å². The van der Waals surface area contributed by atoms with Gasteiger partial charge in [0.15, 0.2) is 0 Å². The fourth-order valence-corrected chi connectivity index (χ4v) is 2.49. The van der Waals surface area contributed by atoms with Crippen LogP contribution in [0.3, 0.4) is 0 Å². The second kappa shape index (κ2) is 8.00. The van der Waals surface area contributed by atoms with Crippen LogP contribution in [0.15, 0.2) is 53.5 Å². The van der Waals surface area contributed by atoms with Crippen molar-refractivity contribution in [3.8, 4) is 0 Å². The van der Waals surface area contributed by atoms with Crippen LogP contribution in [0, 0.1) is 0 Å². The molecular formula is C18H19F3N2O2. The van der Waals surface area contributed by atoms with E-state index in [1.807, 2.05) is 37.3 Å². The normalized spacial score (nSPS) is 12.6. The molecule has 1 N–H and O–H groups in total. The summed E-state index contributed by atoms with van der Waals surface area (Å²) < 4.78 is 38.9. The van der Waals surface area contributed by atoms with Crippen molar-refractivity contribution >= 4 is 5.91 Å². The van der Waals surface area contributed by atoms with Crippen LogP contribution in [0.25, 0.3) is 0 Å². The second-order valence-corrected chi connectivity index (χ2v) is 5.70. The molecule has 2 rings (SSSR count). The number of hydrogen-bond acceptors (Lipinski definition) is 2. The van der Waals surface area contributed by atoms with Crippen molar-refractivity contribution < 1.29 is 18.0 Å². The molecule has 1 aromatic heterocycles. The quantitative estimate of drug-likeness (QED) is 0.868. The molecule has 25 heavy (non-hydrogen) atoms. The first-order valence-corrected chi connectivity index (χ1v) is 7.90. The van der Waals surface area contributed by atoms with E-state index in [0.29, 0.717) is 18.8 Å². The van der Waals surface area contributed by atoms with Crippen LogP contribution in [0.4, 0.5) is 13.2 Å². The molecule has 0 fully saturated rings. The second-order valence-electron chi connectivity index (χ2n) is 5.70. The number of hydrogen-bond donors (Lipinski definition) is 1. The van der Waals surface area contributed by atoms with Crippen molar-refractivity contribution in [3.63, 3.8) is 0 Å². The topological polar surface area (TPSA) is 51.1 Å². The van der Waals surface area contributed by atoms with Gasteiger partial charge in [0.25, 0.3) is 5.56 Å². The first-order valence-electron chi connectivity index (χ1n) is 7.90. The minimum atomic E-state index is -4.56. The van der Waals surface area contributed by atoms with E-state index in [-0.39, 0.29) is 5.92 Å². The molecule has 0 saturated heterocycles. The number of alkyl halides is 3. The number of carbonyl (C=O) groups excluding carboxylic acids is 1. The van der Waals surface area contributed by atoms with E-state index in [4.69, 9.17) is 0 Å². The third-order valence-corrected chi connectivity index (χ3v) is 3.93. The summed E-state index contributed by atoms with van der Waals surface area (Å²) in [7, 11) is 0. The number of benzene rings is 1. The van der Waals surface area contributed by atoms with Crippen LogP contribution in [-0.2, 0) is 17.5 Å². The molecule has 0 aliphatic rings. The summed E-state index contributed by atoms with van der Waals surface area (Å²) in [5, 5.41) is 2.69. The molecule has 134 valence electrons. The Hall–Kier alpha value is -2.57. The maximum atomic E-state index is 12.7.